The fraction of sp³-hybridized carbons (Fsp3) is 0.0870. The fourth-order valence-corrected chi connectivity index (χ4v) is 3.29. The number of hydrogen-bond donors (Lipinski definition) is 1. The van der Waals surface area contributed by atoms with E-state index in [1.165, 1.54) is 22.4 Å². The molecule has 0 saturated carbocycles. The van der Waals surface area contributed by atoms with Gasteiger partial charge in [-0.05, 0) is 35.4 Å². The number of rotatable bonds is 4. The minimum absolute atomic E-state index is 0.0189. The van der Waals surface area contributed by atoms with Crippen molar-refractivity contribution in [2.75, 3.05) is 0 Å². The van der Waals surface area contributed by atoms with E-state index in [1.807, 2.05) is 24.3 Å². The number of hydrogen-bond acceptors (Lipinski definition) is 3. The van der Waals surface area contributed by atoms with Gasteiger partial charge in [-0.2, -0.15) is 0 Å². The van der Waals surface area contributed by atoms with Gasteiger partial charge >= 0.3 is 0 Å². The molecule has 0 amide bonds. The Morgan fingerprint density at radius 1 is 0.962 bits per heavy atom. The molecule has 0 unspecified atom stereocenters. The summed E-state index contributed by atoms with van der Waals surface area (Å²) in [5, 5.41) is 6.34. The van der Waals surface area contributed by atoms with Gasteiger partial charge in [0.15, 0.2) is 11.2 Å². The Morgan fingerprint density at radius 2 is 1.65 bits per heavy atom. The Balaban J connectivity index is 1.66. The normalized spacial score (nSPS) is 12.2. The second kappa shape index (κ2) is 6.52. The van der Waals surface area contributed by atoms with E-state index in [0.717, 1.165) is 0 Å². The van der Waals surface area contributed by atoms with Gasteiger partial charge in [-0.25, -0.2) is 0 Å². The van der Waals surface area contributed by atoms with E-state index >= 15 is 0 Å². The third kappa shape index (κ3) is 2.88. The first-order valence-corrected chi connectivity index (χ1v) is 8.60. The maximum absolute atomic E-state index is 12.3. The predicted octanol–water partition coefficient (Wildman–Crippen LogP) is 5.27. The summed E-state index contributed by atoms with van der Waals surface area (Å²) in [4.78, 5) is 12.3. The minimum atomic E-state index is -0.0670. The largest absolute Gasteiger partial charge is 0.454 e. The first-order valence-electron chi connectivity index (χ1n) is 8.60. The van der Waals surface area contributed by atoms with Crippen molar-refractivity contribution in [2.45, 2.75) is 13.0 Å². The molecule has 1 N–H and O–H groups in total. The molecular formula is C23H19NO2. The van der Waals surface area contributed by atoms with Crippen LogP contribution in [0.25, 0.3) is 27.4 Å². The average molecular weight is 341 g/mol. The molecule has 1 aromatic heterocycles. The maximum Gasteiger partial charge on any atom is 0.193 e. The summed E-state index contributed by atoms with van der Waals surface area (Å²) in [6.07, 6.45) is 0. The van der Waals surface area contributed by atoms with Crippen molar-refractivity contribution in [3.63, 3.8) is 0 Å². The van der Waals surface area contributed by atoms with Crippen LogP contribution in [0, 0.1) is 0 Å². The van der Waals surface area contributed by atoms with E-state index in [2.05, 4.69) is 49.2 Å². The zero-order valence-electron chi connectivity index (χ0n) is 14.5. The standard InChI is InChI=1S/C23H19NO2/c1-15(18-12-7-9-17-8-3-4-10-19(17)18)24-16(2)23-14-21(25)20-11-5-6-13-22(20)26-23/h3-15,24H,2H2,1H3/t15-/m1/s1. The van der Waals surface area contributed by atoms with Crippen LogP contribution in [0.3, 0.4) is 0 Å². The Morgan fingerprint density at radius 3 is 2.50 bits per heavy atom. The van der Waals surface area contributed by atoms with Crippen LogP contribution in [0.5, 0.6) is 0 Å². The van der Waals surface area contributed by atoms with Gasteiger partial charge in [0.05, 0.1) is 11.1 Å². The third-order valence-electron chi connectivity index (χ3n) is 4.61. The Kier molecular flexibility index (Phi) is 4.05. The number of benzene rings is 3. The molecule has 1 heterocycles. The van der Waals surface area contributed by atoms with Crippen LogP contribution in [-0.4, -0.2) is 0 Å². The lowest BCUT2D eigenvalue weighted by Crippen LogP contribution is -2.17. The molecule has 3 nitrogen and oxygen atoms in total. The fourth-order valence-electron chi connectivity index (χ4n) is 3.29. The molecule has 0 radical (unpaired) electrons. The molecule has 26 heavy (non-hydrogen) atoms. The van der Waals surface area contributed by atoms with Crippen molar-refractivity contribution in [2.24, 2.45) is 0 Å². The summed E-state index contributed by atoms with van der Waals surface area (Å²) in [5.41, 5.74) is 2.26. The van der Waals surface area contributed by atoms with Gasteiger partial charge in [-0.1, -0.05) is 61.2 Å². The first-order chi connectivity index (χ1) is 12.6. The third-order valence-corrected chi connectivity index (χ3v) is 4.61. The average Bonchev–Trinajstić information content (AvgIpc) is 2.67. The van der Waals surface area contributed by atoms with E-state index in [1.54, 1.807) is 12.1 Å². The van der Waals surface area contributed by atoms with Gasteiger partial charge in [-0.15, -0.1) is 0 Å². The van der Waals surface area contributed by atoms with Crippen molar-refractivity contribution < 1.29 is 4.42 Å². The monoisotopic (exact) mass is 341 g/mol. The van der Waals surface area contributed by atoms with Crippen LogP contribution in [0.2, 0.25) is 0 Å². The molecular weight excluding hydrogens is 322 g/mol. The van der Waals surface area contributed by atoms with E-state index in [4.69, 9.17) is 4.42 Å². The molecule has 0 aliphatic heterocycles. The van der Waals surface area contributed by atoms with E-state index in [-0.39, 0.29) is 11.5 Å². The molecule has 4 aromatic rings. The van der Waals surface area contributed by atoms with Gasteiger partial charge in [0.25, 0.3) is 0 Å². The Bertz CT molecular complexity index is 1170. The second-order valence-electron chi connectivity index (χ2n) is 6.38. The zero-order valence-corrected chi connectivity index (χ0v) is 14.5. The second-order valence-corrected chi connectivity index (χ2v) is 6.38. The Labute approximate surface area is 151 Å². The van der Waals surface area contributed by atoms with Crippen LogP contribution in [0.4, 0.5) is 0 Å². The van der Waals surface area contributed by atoms with Crippen molar-refractivity contribution in [1.82, 2.24) is 5.32 Å². The molecule has 1 atom stereocenters. The summed E-state index contributed by atoms with van der Waals surface area (Å²) >= 11 is 0. The van der Waals surface area contributed by atoms with Crippen molar-refractivity contribution in [1.29, 1.82) is 0 Å². The smallest absolute Gasteiger partial charge is 0.193 e. The minimum Gasteiger partial charge on any atom is -0.454 e. The van der Waals surface area contributed by atoms with Gasteiger partial charge in [-0.3, -0.25) is 4.79 Å². The predicted molar refractivity (Wildman–Crippen MR) is 107 cm³/mol. The van der Waals surface area contributed by atoms with Gasteiger partial charge in [0, 0.05) is 12.1 Å². The Hall–Kier alpha value is -3.33. The molecule has 3 aromatic carbocycles. The van der Waals surface area contributed by atoms with Crippen LogP contribution in [-0.2, 0) is 0 Å². The van der Waals surface area contributed by atoms with Gasteiger partial charge in [0.2, 0.25) is 0 Å². The molecule has 0 aliphatic carbocycles. The summed E-state index contributed by atoms with van der Waals surface area (Å²) in [6, 6.07) is 23.3. The molecule has 0 spiro atoms. The summed E-state index contributed by atoms with van der Waals surface area (Å²) in [5.74, 6) is 0.459. The highest BCUT2D eigenvalue weighted by molar-refractivity contribution is 5.86. The maximum atomic E-state index is 12.3. The molecule has 0 aliphatic rings. The van der Waals surface area contributed by atoms with E-state index in [0.29, 0.717) is 22.4 Å². The quantitative estimate of drug-likeness (QED) is 0.550. The SMILES string of the molecule is C=C(N[C@H](C)c1cccc2ccccc12)c1cc(=O)c2ccccc2o1. The molecule has 0 saturated heterocycles. The summed E-state index contributed by atoms with van der Waals surface area (Å²) in [7, 11) is 0. The van der Waals surface area contributed by atoms with E-state index in [9.17, 15) is 4.79 Å². The highest BCUT2D eigenvalue weighted by Gasteiger charge is 2.13. The van der Waals surface area contributed by atoms with Crippen molar-refractivity contribution in [3.8, 4) is 0 Å². The molecule has 0 bridgehead atoms. The topological polar surface area (TPSA) is 42.2 Å². The summed E-state index contributed by atoms with van der Waals surface area (Å²) < 4.78 is 5.87. The van der Waals surface area contributed by atoms with Crippen LogP contribution in [0.1, 0.15) is 24.3 Å². The number of para-hydroxylation sites is 1. The van der Waals surface area contributed by atoms with Crippen LogP contribution >= 0.6 is 0 Å². The number of fused-ring (bicyclic) bond motifs is 2. The van der Waals surface area contributed by atoms with Crippen LogP contribution < -0.4 is 10.7 Å². The molecule has 0 fully saturated rings. The van der Waals surface area contributed by atoms with Gasteiger partial charge in [0.1, 0.15) is 5.58 Å². The van der Waals surface area contributed by atoms with Gasteiger partial charge < -0.3 is 9.73 Å². The lowest BCUT2D eigenvalue weighted by Gasteiger charge is -2.19. The summed E-state index contributed by atoms with van der Waals surface area (Å²) in [6.45, 7) is 6.15. The lowest BCUT2D eigenvalue weighted by atomic mass is 9.99. The lowest BCUT2D eigenvalue weighted by molar-refractivity contribution is 0.570. The van der Waals surface area contributed by atoms with Crippen LogP contribution in [0.15, 0.2) is 88.6 Å². The van der Waals surface area contributed by atoms with Crippen molar-refractivity contribution >= 4 is 27.4 Å². The van der Waals surface area contributed by atoms with E-state index < -0.39 is 0 Å². The number of nitrogens with one attached hydrogen (secondary N) is 1. The highest BCUT2D eigenvalue weighted by Crippen LogP contribution is 2.26. The molecule has 3 heteroatoms. The highest BCUT2D eigenvalue weighted by atomic mass is 16.3. The van der Waals surface area contributed by atoms with Crippen molar-refractivity contribution in [3.05, 3.63) is 101 Å². The molecule has 4 rings (SSSR count). The first kappa shape index (κ1) is 16.2. The zero-order chi connectivity index (χ0) is 18.1. The molecule has 128 valence electrons.